The third-order valence-corrected chi connectivity index (χ3v) is 6.53. The number of phenolic OH excluding ortho intramolecular Hbond substituents is 1. The number of aliphatic hydroxyl groups excluding tert-OH is 2. The van der Waals surface area contributed by atoms with Gasteiger partial charge in [-0.05, 0) is 42.8 Å². The van der Waals surface area contributed by atoms with Crippen LogP contribution in [-0.2, 0) is 6.42 Å². The molecular formula is C25H31ClN2O6. The van der Waals surface area contributed by atoms with Crippen molar-refractivity contribution in [2.24, 2.45) is 0 Å². The second-order valence-corrected chi connectivity index (χ2v) is 9.66. The Morgan fingerprint density at radius 3 is 2.74 bits per heavy atom. The number of amides is 1. The van der Waals surface area contributed by atoms with E-state index in [4.69, 9.17) is 21.1 Å². The van der Waals surface area contributed by atoms with Gasteiger partial charge in [0.25, 0.3) is 5.91 Å². The molecule has 1 unspecified atom stereocenters. The molecule has 2 aromatic rings. The lowest BCUT2D eigenvalue weighted by molar-refractivity contribution is -0.00201. The molecule has 1 fully saturated rings. The van der Waals surface area contributed by atoms with E-state index < -0.39 is 18.1 Å². The fourth-order valence-corrected chi connectivity index (χ4v) is 4.71. The number of benzene rings is 2. The summed E-state index contributed by atoms with van der Waals surface area (Å²) < 4.78 is 12.0. The van der Waals surface area contributed by atoms with Gasteiger partial charge in [0.15, 0.2) is 0 Å². The summed E-state index contributed by atoms with van der Waals surface area (Å²) in [4.78, 5) is 14.6. The number of nitrogens with one attached hydrogen (secondary N) is 1. The summed E-state index contributed by atoms with van der Waals surface area (Å²) >= 11 is 6.12. The zero-order chi connectivity index (χ0) is 24.3. The molecule has 2 aliphatic rings. The first-order valence-corrected chi connectivity index (χ1v) is 11.9. The fraction of sp³-hybridized carbons (Fsp3) is 0.480. The van der Waals surface area contributed by atoms with Gasteiger partial charge in [0, 0.05) is 56.5 Å². The molecule has 2 aromatic carbocycles. The standard InChI is InChI=1S/C25H31ClN2O6/c1-16(29)13-27-24(32)21-4-3-19(30)11-23(21)33-15-20(31)14-28-8-6-25(7-9-28)12-17-10-18(26)2-5-22(17)34-25/h2-5,10-11,16,20,29-31H,6-9,12-15H2,1H3,(H,27,32)/t16?,20-/m1/s1. The van der Waals surface area contributed by atoms with Gasteiger partial charge >= 0.3 is 0 Å². The van der Waals surface area contributed by atoms with Gasteiger partial charge in [0.2, 0.25) is 0 Å². The Morgan fingerprint density at radius 1 is 1.24 bits per heavy atom. The van der Waals surface area contributed by atoms with Gasteiger partial charge in [-0.15, -0.1) is 0 Å². The smallest absolute Gasteiger partial charge is 0.255 e. The Kier molecular flexibility index (Phi) is 7.52. The van der Waals surface area contributed by atoms with Crippen LogP contribution in [0.1, 0.15) is 35.7 Å². The molecule has 0 radical (unpaired) electrons. The number of nitrogens with zero attached hydrogens (tertiary/aromatic N) is 1. The number of carbonyl (C=O) groups is 1. The van der Waals surface area contributed by atoms with Crippen LogP contribution in [0.5, 0.6) is 17.2 Å². The number of aromatic hydroxyl groups is 1. The van der Waals surface area contributed by atoms with Crippen LogP contribution in [0, 0.1) is 0 Å². The van der Waals surface area contributed by atoms with Crippen molar-refractivity contribution < 1.29 is 29.6 Å². The van der Waals surface area contributed by atoms with E-state index in [1.54, 1.807) is 6.92 Å². The highest BCUT2D eigenvalue weighted by molar-refractivity contribution is 6.30. The maximum atomic E-state index is 12.4. The summed E-state index contributed by atoms with van der Waals surface area (Å²) in [6.07, 6.45) is 1.10. The lowest BCUT2D eigenvalue weighted by atomic mass is 9.87. The molecular weight excluding hydrogens is 460 g/mol. The first-order valence-electron chi connectivity index (χ1n) is 11.5. The lowest BCUT2D eigenvalue weighted by Gasteiger charge is -2.39. The Labute approximate surface area is 204 Å². The van der Waals surface area contributed by atoms with Gasteiger partial charge in [-0.2, -0.15) is 0 Å². The molecule has 0 bridgehead atoms. The number of aliphatic hydroxyl groups is 2. The summed E-state index contributed by atoms with van der Waals surface area (Å²) in [5.74, 6) is 0.614. The highest BCUT2D eigenvalue weighted by atomic mass is 35.5. The second kappa shape index (κ2) is 10.4. The molecule has 0 saturated carbocycles. The highest BCUT2D eigenvalue weighted by Gasteiger charge is 2.42. The Morgan fingerprint density at radius 2 is 2.00 bits per heavy atom. The number of piperidine rings is 1. The minimum absolute atomic E-state index is 0.0256. The maximum absolute atomic E-state index is 12.4. The molecule has 34 heavy (non-hydrogen) atoms. The molecule has 0 aromatic heterocycles. The van der Waals surface area contributed by atoms with E-state index in [0.29, 0.717) is 6.54 Å². The molecule has 9 heteroatoms. The number of likely N-dealkylation sites (tertiary alicyclic amines) is 1. The zero-order valence-corrected chi connectivity index (χ0v) is 19.9. The van der Waals surface area contributed by atoms with Crippen LogP contribution in [0.25, 0.3) is 0 Å². The van der Waals surface area contributed by atoms with Crippen LogP contribution in [0.4, 0.5) is 0 Å². The molecule has 184 valence electrons. The number of halogens is 1. The molecule has 0 aliphatic carbocycles. The number of β-amino-alcohol motifs (C(OH)–C–C–N with tert-alkyl or cyclic N) is 1. The van der Waals surface area contributed by atoms with Crippen molar-refractivity contribution in [2.75, 3.05) is 32.8 Å². The number of ether oxygens (including phenoxy) is 2. The Balaban J connectivity index is 1.27. The minimum Gasteiger partial charge on any atom is -0.508 e. The number of hydrogen-bond donors (Lipinski definition) is 4. The van der Waals surface area contributed by atoms with Crippen LogP contribution in [0.2, 0.25) is 5.02 Å². The summed E-state index contributed by atoms with van der Waals surface area (Å²) in [5, 5.41) is 33.1. The van der Waals surface area contributed by atoms with Gasteiger partial charge in [-0.25, -0.2) is 0 Å². The quantitative estimate of drug-likeness (QED) is 0.449. The van der Waals surface area contributed by atoms with E-state index in [1.807, 2.05) is 18.2 Å². The van der Waals surface area contributed by atoms with Gasteiger partial charge in [0.05, 0.1) is 11.7 Å². The third kappa shape index (κ3) is 5.93. The SMILES string of the molecule is CC(O)CNC(=O)c1ccc(O)cc1OC[C@H](O)CN1CCC2(CC1)Cc1cc(Cl)ccc1O2. The number of fused-ring (bicyclic) bond motifs is 1. The van der Waals surface area contributed by atoms with Crippen LogP contribution in [-0.4, -0.2) is 76.7 Å². The fourth-order valence-electron chi connectivity index (χ4n) is 4.51. The van der Waals surface area contributed by atoms with Gasteiger partial charge in [0.1, 0.15) is 35.6 Å². The van der Waals surface area contributed by atoms with Gasteiger partial charge < -0.3 is 35.0 Å². The first kappa shape index (κ1) is 24.6. The van der Waals surface area contributed by atoms with Crippen molar-refractivity contribution in [1.29, 1.82) is 0 Å². The average Bonchev–Trinajstić information content (AvgIpc) is 3.14. The molecule has 1 saturated heterocycles. The minimum atomic E-state index is -0.773. The molecule has 2 aliphatic heterocycles. The van der Waals surface area contributed by atoms with Crippen molar-refractivity contribution in [3.05, 3.63) is 52.5 Å². The summed E-state index contributed by atoms with van der Waals surface area (Å²) in [6, 6.07) is 9.93. The number of hydrogen-bond acceptors (Lipinski definition) is 7. The molecule has 4 rings (SSSR count). The van der Waals surface area contributed by atoms with E-state index in [0.717, 1.165) is 48.7 Å². The largest absolute Gasteiger partial charge is 0.508 e. The number of carbonyl (C=O) groups excluding carboxylic acids is 1. The van der Waals surface area contributed by atoms with Crippen LogP contribution in [0.3, 0.4) is 0 Å². The molecule has 8 nitrogen and oxygen atoms in total. The lowest BCUT2D eigenvalue weighted by Crippen LogP contribution is -2.49. The molecule has 4 N–H and O–H groups in total. The first-order chi connectivity index (χ1) is 16.2. The van der Waals surface area contributed by atoms with Gasteiger partial charge in [-0.1, -0.05) is 11.6 Å². The summed E-state index contributed by atoms with van der Waals surface area (Å²) in [7, 11) is 0. The molecule has 1 spiro atoms. The predicted molar refractivity (Wildman–Crippen MR) is 128 cm³/mol. The zero-order valence-electron chi connectivity index (χ0n) is 19.2. The predicted octanol–water partition coefficient (Wildman–Crippen LogP) is 2.37. The summed E-state index contributed by atoms with van der Waals surface area (Å²) in [5.41, 5.74) is 1.17. The summed E-state index contributed by atoms with van der Waals surface area (Å²) in [6.45, 7) is 3.65. The normalized spacial score (nSPS) is 18.7. The van der Waals surface area contributed by atoms with E-state index in [-0.39, 0.29) is 35.8 Å². The van der Waals surface area contributed by atoms with Crippen LogP contribution < -0.4 is 14.8 Å². The van der Waals surface area contributed by atoms with Crippen LogP contribution >= 0.6 is 11.6 Å². The Hall–Kier alpha value is -2.52. The van der Waals surface area contributed by atoms with E-state index in [2.05, 4.69) is 10.2 Å². The van der Waals surface area contributed by atoms with Crippen molar-refractivity contribution in [3.63, 3.8) is 0 Å². The topological polar surface area (TPSA) is 111 Å². The van der Waals surface area contributed by atoms with Gasteiger partial charge in [-0.3, -0.25) is 4.79 Å². The van der Waals surface area contributed by atoms with Crippen molar-refractivity contribution in [3.8, 4) is 17.2 Å². The second-order valence-electron chi connectivity index (χ2n) is 9.22. The number of phenols is 1. The van der Waals surface area contributed by atoms with Crippen LogP contribution in [0.15, 0.2) is 36.4 Å². The molecule has 2 atom stereocenters. The van der Waals surface area contributed by atoms with E-state index >= 15 is 0 Å². The number of rotatable bonds is 8. The molecule has 1 amide bonds. The van der Waals surface area contributed by atoms with E-state index in [9.17, 15) is 20.1 Å². The molecule has 2 heterocycles. The monoisotopic (exact) mass is 490 g/mol. The van der Waals surface area contributed by atoms with Crippen molar-refractivity contribution in [2.45, 2.75) is 44.0 Å². The van der Waals surface area contributed by atoms with Crippen molar-refractivity contribution in [1.82, 2.24) is 10.2 Å². The van der Waals surface area contributed by atoms with E-state index in [1.165, 1.54) is 18.2 Å². The third-order valence-electron chi connectivity index (χ3n) is 6.30. The van der Waals surface area contributed by atoms with Crippen molar-refractivity contribution >= 4 is 17.5 Å². The average molecular weight is 491 g/mol. The Bertz CT molecular complexity index is 1020. The maximum Gasteiger partial charge on any atom is 0.255 e. The highest BCUT2D eigenvalue weighted by Crippen LogP contribution is 2.41.